The van der Waals surface area contributed by atoms with Gasteiger partial charge in [0.15, 0.2) is 0 Å². The first-order valence-corrected chi connectivity index (χ1v) is 8.36. The van der Waals surface area contributed by atoms with Gasteiger partial charge in [0.05, 0.1) is 6.04 Å². The molecule has 1 N–H and O–H groups in total. The van der Waals surface area contributed by atoms with Crippen LogP contribution in [0.5, 0.6) is 0 Å². The normalized spacial score (nSPS) is 13.7. The second-order valence-corrected chi connectivity index (χ2v) is 5.65. The monoisotopic (exact) mass is 297 g/mol. The highest BCUT2D eigenvalue weighted by atomic mass is 16.7. The standard InChI is InChI=1S/C20H27NO/c1-3-5-16-19(17-12-8-6-9-13-17)21-22-20(4-2)18-14-10-7-11-15-18/h6-15,19-21H,3-5,16H2,1-2H3. The molecule has 2 atom stereocenters. The molecule has 0 radical (unpaired) electrons. The van der Waals surface area contributed by atoms with Gasteiger partial charge >= 0.3 is 0 Å². The summed E-state index contributed by atoms with van der Waals surface area (Å²) in [6.07, 6.45) is 4.52. The summed E-state index contributed by atoms with van der Waals surface area (Å²) in [5, 5.41) is 0. The Labute approximate surface area is 134 Å². The molecule has 2 unspecified atom stereocenters. The summed E-state index contributed by atoms with van der Waals surface area (Å²) in [5.41, 5.74) is 5.83. The Hall–Kier alpha value is -1.64. The Balaban J connectivity index is 2.00. The lowest BCUT2D eigenvalue weighted by Gasteiger charge is -2.23. The molecule has 2 aromatic rings. The molecule has 0 aliphatic rings. The van der Waals surface area contributed by atoms with Crippen molar-refractivity contribution in [1.29, 1.82) is 0 Å². The maximum absolute atomic E-state index is 6.04. The zero-order valence-corrected chi connectivity index (χ0v) is 13.7. The quantitative estimate of drug-likeness (QED) is 0.609. The van der Waals surface area contributed by atoms with E-state index in [-0.39, 0.29) is 12.1 Å². The van der Waals surface area contributed by atoms with E-state index in [2.05, 4.69) is 73.9 Å². The zero-order chi connectivity index (χ0) is 15.6. The third-order valence-electron chi connectivity index (χ3n) is 3.94. The predicted octanol–water partition coefficient (Wildman–Crippen LogP) is 5.59. The van der Waals surface area contributed by atoms with E-state index in [1.54, 1.807) is 0 Å². The first-order valence-electron chi connectivity index (χ1n) is 8.36. The van der Waals surface area contributed by atoms with Crippen LogP contribution in [0.2, 0.25) is 0 Å². The summed E-state index contributed by atoms with van der Waals surface area (Å²) in [6, 6.07) is 21.2. The van der Waals surface area contributed by atoms with E-state index in [4.69, 9.17) is 4.84 Å². The topological polar surface area (TPSA) is 21.3 Å². The van der Waals surface area contributed by atoms with Gasteiger partial charge in [-0.15, -0.1) is 0 Å². The van der Waals surface area contributed by atoms with Gasteiger partial charge in [-0.05, 0) is 24.0 Å². The van der Waals surface area contributed by atoms with E-state index >= 15 is 0 Å². The molecule has 0 aliphatic heterocycles. The number of hydrogen-bond donors (Lipinski definition) is 1. The fraction of sp³-hybridized carbons (Fsp3) is 0.400. The molecule has 0 aromatic heterocycles. The van der Waals surface area contributed by atoms with Crippen LogP contribution >= 0.6 is 0 Å². The van der Waals surface area contributed by atoms with Gasteiger partial charge in [-0.1, -0.05) is 87.4 Å². The highest BCUT2D eigenvalue weighted by molar-refractivity contribution is 5.19. The summed E-state index contributed by atoms with van der Waals surface area (Å²) in [7, 11) is 0. The van der Waals surface area contributed by atoms with Crippen LogP contribution in [-0.4, -0.2) is 0 Å². The van der Waals surface area contributed by atoms with Crippen LogP contribution in [0.25, 0.3) is 0 Å². The van der Waals surface area contributed by atoms with E-state index in [1.165, 1.54) is 24.0 Å². The highest BCUT2D eigenvalue weighted by Gasteiger charge is 2.15. The van der Waals surface area contributed by atoms with Crippen LogP contribution in [0.15, 0.2) is 60.7 Å². The van der Waals surface area contributed by atoms with Crippen molar-refractivity contribution in [3.8, 4) is 0 Å². The van der Waals surface area contributed by atoms with Gasteiger partial charge in [0.2, 0.25) is 0 Å². The second kappa shape index (κ2) is 9.39. The molecule has 0 spiro atoms. The number of unbranched alkanes of at least 4 members (excludes halogenated alkanes) is 1. The largest absolute Gasteiger partial charge is 0.293 e. The van der Waals surface area contributed by atoms with Gasteiger partial charge in [-0.3, -0.25) is 4.84 Å². The first kappa shape index (κ1) is 16.7. The molecule has 0 saturated heterocycles. The van der Waals surface area contributed by atoms with Gasteiger partial charge in [-0.2, -0.15) is 5.48 Å². The molecule has 2 heteroatoms. The molecule has 0 heterocycles. The van der Waals surface area contributed by atoms with Crippen molar-refractivity contribution < 1.29 is 4.84 Å². The van der Waals surface area contributed by atoms with Crippen LogP contribution in [0, 0.1) is 0 Å². The highest BCUT2D eigenvalue weighted by Crippen LogP contribution is 2.24. The van der Waals surface area contributed by atoms with Crippen molar-refractivity contribution in [3.05, 3.63) is 71.8 Å². The number of hydroxylamine groups is 1. The lowest BCUT2D eigenvalue weighted by atomic mass is 10.0. The Morgan fingerprint density at radius 3 is 2.00 bits per heavy atom. The summed E-state index contributed by atoms with van der Waals surface area (Å²) in [4.78, 5) is 6.04. The Bertz CT molecular complexity index is 512. The van der Waals surface area contributed by atoms with Crippen LogP contribution in [0.1, 0.15) is 62.8 Å². The summed E-state index contributed by atoms with van der Waals surface area (Å²) in [5.74, 6) is 0. The Kier molecular flexibility index (Phi) is 7.14. The average molecular weight is 297 g/mol. The van der Waals surface area contributed by atoms with Crippen LogP contribution in [-0.2, 0) is 4.84 Å². The average Bonchev–Trinajstić information content (AvgIpc) is 2.60. The number of hydrogen-bond acceptors (Lipinski definition) is 2. The lowest BCUT2D eigenvalue weighted by molar-refractivity contribution is -0.0500. The van der Waals surface area contributed by atoms with Gasteiger partial charge in [-0.25, -0.2) is 0 Å². The zero-order valence-electron chi connectivity index (χ0n) is 13.7. The van der Waals surface area contributed by atoms with Gasteiger partial charge in [0.25, 0.3) is 0 Å². The molecule has 2 aromatic carbocycles. The van der Waals surface area contributed by atoms with E-state index in [1.807, 2.05) is 6.07 Å². The number of nitrogens with one attached hydrogen (secondary N) is 1. The molecule has 2 rings (SSSR count). The van der Waals surface area contributed by atoms with E-state index < -0.39 is 0 Å². The summed E-state index contributed by atoms with van der Waals surface area (Å²) in [6.45, 7) is 4.38. The van der Waals surface area contributed by atoms with E-state index in [0.717, 1.165) is 12.8 Å². The van der Waals surface area contributed by atoms with Crippen molar-refractivity contribution in [2.45, 2.75) is 51.7 Å². The first-order chi connectivity index (χ1) is 10.8. The third kappa shape index (κ3) is 4.97. The maximum atomic E-state index is 6.04. The molecular formula is C20H27NO. The molecule has 0 aliphatic carbocycles. The van der Waals surface area contributed by atoms with Crippen LogP contribution in [0.3, 0.4) is 0 Å². The van der Waals surface area contributed by atoms with E-state index in [9.17, 15) is 0 Å². The summed E-state index contributed by atoms with van der Waals surface area (Å²) < 4.78 is 0. The van der Waals surface area contributed by atoms with Crippen LogP contribution in [0.4, 0.5) is 0 Å². The molecule has 0 fully saturated rings. The molecule has 0 bridgehead atoms. The third-order valence-corrected chi connectivity index (χ3v) is 3.94. The number of benzene rings is 2. The van der Waals surface area contributed by atoms with Crippen molar-refractivity contribution >= 4 is 0 Å². The van der Waals surface area contributed by atoms with Gasteiger partial charge in [0, 0.05) is 0 Å². The lowest BCUT2D eigenvalue weighted by Crippen LogP contribution is -2.24. The molecule has 0 amide bonds. The summed E-state index contributed by atoms with van der Waals surface area (Å²) >= 11 is 0. The Morgan fingerprint density at radius 1 is 0.864 bits per heavy atom. The van der Waals surface area contributed by atoms with Crippen LogP contribution < -0.4 is 5.48 Å². The smallest absolute Gasteiger partial charge is 0.104 e. The van der Waals surface area contributed by atoms with E-state index in [0.29, 0.717) is 0 Å². The molecule has 2 nitrogen and oxygen atoms in total. The number of rotatable bonds is 9. The second-order valence-electron chi connectivity index (χ2n) is 5.65. The Morgan fingerprint density at radius 2 is 1.45 bits per heavy atom. The molecular weight excluding hydrogens is 270 g/mol. The fourth-order valence-corrected chi connectivity index (χ4v) is 2.61. The van der Waals surface area contributed by atoms with Crippen molar-refractivity contribution in [3.63, 3.8) is 0 Å². The minimum Gasteiger partial charge on any atom is -0.293 e. The molecule has 118 valence electrons. The van der Waals surface area contributed by atoms with Crippen molar-refractivity contribution in [1.82, 2.24) is 5.48 Å². The maximum Gasteiger partial charge on any atom is 0.104 e. The van der Waals surface area contributed by atoms with Gasteiger partial charge < -0.3 is 0 Å². The minimum absolute atomic E-state index is 0.0917. The predicted molar refractivity (Wildman–Crippen MR) is 92.4 cm³/mol. The van der Waals surface area contributed by atoms with Crippen molar-refractivity contribution in [2.75, 3.05) is 0 Å². The van der Waals surface area contributed by atoms with Gasteiger partial charge in [0.1, 0.15) is 6.10 Å². The van der Waals surface area contributed by atoms with Crippen molar-refractivity contribution in [2.24, 2.45) is 0 Å². The minimum atomic E-state index is 0.0917. The molecule has 22 heavy (non-hydrogen) atoms. The SMILES string of the molecule is CCCCC(NOC(CC)c1ccccc1)c1ccccc1. The molecule has 0 saturated carbocycles. The fourth-order valence-electron chi connectivity index (χ4n) is 2.61.